The number of nitrogens with one attached hydrogen (secondary N) is 1. The number of hydrogen-bond acceptors (Lipinski definition) is 4. The quantitative estimate of drug-likeness (QED) is 0.483. The van der Waals surface area contributed by atoms with Gasteiger partial charge < -0.3 is 9.47 Å². The Morgan fingerprint density at radius 3 is 1.97 bits per heavy atom. The number of methoxy groups -OCH3 is 2. The van der Waals surface area contributed by atoms with E-state index < -0.39 is 5.92 Å². The third-order valence-corrected chi connectivity index (χ3v) is 4.66. The highest BCUT2D eigenvalue weighted by Gasteiger charge is 2.22. The van der Waals surface area contributed by atoms with Gasteiger partial charge in [-0.3, -0.25) is 4.79 Å². The average Bonchev–Trinajstić information content (AvgIpc) is 2.78. The number of hydrazone groups is 1. The van der Waals surface area contributed by atoms with Crippen molar-refractivity contribution in [3.05, 3.63) is 95.6 Å². The molecule has 0 radical (unpaired) electrons. The van der Waals surface area contributed by atoms with E-state index in [1.54, 1.807) is 20.3 Å². The van der Waals surface area contributed by atoms with Gasteiger partial charge in [-0.05, 0) is 30.2 Å². The zero-order valence-corrected chi connectivity index (χ0v) is 16.8. The zero-order chi connectivity index (χ0) is 20.6. The maximum absolute atomic E-state index is 13.1. The van der Waals surface area contributed by atoms with Crippen LogP contribution in [0.25, 0.3) is 0 Å². The number of rotatable bonds is 7. The van der Waals surface area contributed by atoms with Crippen LogP contribution in [0, 0.1) is 0 Å². The highest BCUT2D eigenvalue weighted by molar-refractivity contribution is 6.02. The molecule has 0 aromatic heterocycles. The molecule has 29 heavy (non-hydrogen) atoms. The highest BCUT2D eigenvalue weighted by atomic mass is 16.5. The van der Waals surface area contributed by atoms with Crippen LogP contribution in [0.2, 0.25) is 0 Å². The summed E-state index contributed by atoms with van der Waals surface area (Å²) in [5, 5.41) is 4.33. The van der Waals surface area contributed by atoms with Crippen LogP contribution in [0.3, 0.4) is 0 Å². The van der Waals surface area contributed by atoms with Gasteiger partial charge in [0.2, 0.25) is 0 Å². The summed E-state index contributed by atoms with van der Waals surface area (Å²) in [6.45, 7) is 1.82. The van der Waals surface area contributed by atoms with Crippen LogP contribution < -0.4 is 14.9 Å². The third kappa shape index (κ3) is 4.82. The van der Waals surface area contributed by atoms with Gasteiger partial charge in [0.1, 0.15) is 11.5 Å². The summed E-state index contributed by atoms with van der Waals surface area (Å²) >= 11 is 0. The van der Waals surface area contributed by atoms with Gasteiger partial charge >= 0.3 is 0 Å². The number of hydrogen-bond donors (Lipinski definition) is 1. The molecule has 0 heterocycles. The zero-order valence-electron chi connectivity index (χ0n) is 16.8. The van der Waals surface area contributed by atoms with Gasteiger partial charge in [0, 0.05) is 11.6 Å². The minimum absolute atomic E-state index is 0.200. The van der Waals surface area contributed by atoms with Gasteiger partial charge in [-0.15, -0.1) is 0 Å². The van der Waals surface area contributed by atoms with Gasteiger partial charge in [-0.25, -0.2) is 5.43 Å². The fourth-order valence-electron chi connectivity index (χ4n) is 3.15. The second-order valence-corrected chi connectivity index (χ2v) is 6.49. The molecule has 0 unspecified atom stereocenters. The first kappa shape index (κ1) is 20.1. The molecular weight excluding hydrogens is 364 g/mol. The Morgan fingerprint density at radius 1 is 0.862 bits per heavy atom. The number of amides is 1. The maximum atomic E-state index is 13.1. The number of carbonyl (C=O) groups excluding carboxylic acids is 1. The Kier molecular flexibility index (Phi) is 6.63. The first-order chi connectivity index (χ1) is 14.1. The van der Waals surface area contributed by atoms with Crippen molar-refractivity contribution in [2.24, 2.45) is 5.10 Å². The van der Waals surface area contributed by atoms with Gasteiger partial charge in [0.15, 0.2) is 0 Å². The number of nitrogens with zero attached hydrogens (tertiary/aromatic N) is 1. The minimum Gasteiger partial charge on any atom is -0.497 e. The summed E-state index contributed by atoms with van der Waals surface area (Å²) < 4.78 is 10.7. The molecule has 0 bridgehead atoms. The van der Waals surface area contributed by atoms with E-state index in [0.717, 1.165) is 16.7 Å². The van der Waals surface area contributed by atoms with Crippen molar-refractivity contribution < 1.29 is 14.3 Å². The minimum atomic E-state index is -0.452. The predicted octanol–water partition coefficient (Wildman–Crippen LogP) is 4.38. The molecule has 0 aliphatic heterocycles. The smallest absolute Gasteiger partial charge is 0.252 e. The highest BCUT2D eigenvalue weighted by Crippen LogP contribution is 2.26. The standard InChI is InChI=1S/C24H24N2O3/c1-17(21-15-14-20(28-2)16-22(21)29-3)25-26-24(27)23(18-10-6-4-7-11-18)19-12-8-5-9-13-19/h4-16,23H,1-3H3,(H,26,27). The average molecular weight is 388 g/mol. The molecule has 0 saturated heterocycles. The van der Waals surface area contributed by atoms with E-state index in [9.17, 15) is 4.79 Å². The summed E-state index contributed by atoms with van der Waals surface area (Å²) in [6, 6.07) is 24.8. The lowest BCUT2D eigenvalue weighted by molar-refractivity contribution is -0.121. The number of benzene rings is 3. The van der Waals surface area contributed by atoms with Crippen molar-refractivity contribution in [2.75, 3.05) is 14.2 Å². The maximum Gasteiger partial charge on any atom is 0.252 e. The van der Waals surface area contributed by atoms with Gasteiger partial charge in [-0.1, -0.05) is 60.7 Å². The lowest BCUT2D eigenvalue weighted by Gasteiger charge is -2.17. The van der Waals surface area contributed by atoms with Crippen molar-refractivity contribution in [2.45, 2.75) is 12.8 Å². The fourth-order valence-corrected chi connectivity index (χ4v) is 3.15. The van der Waals surface area contributed by atoms with E-state index in [1.165, 1.54) is 0 Å². The molecule has 0 spiro atoms. The molecule has 1 N–H and O–H groups in total. The van der Waals surface area contributed by atoms with Crippen LogP contribution in [0.1, 0.15) is 29.5 Å². The Labute approximate surface area is 171 Å². The van der Waals surface area contributed by atoms with Crippen molar-refractivity contribution in [3.8, 4) is 11.5 Å². The summed E-state index contributed by atoms with van der Waals surface area (Å²) in [7, 11) is 3.19. The molecule has 1 amide bonds. The summed E-state index contributed by atoms with van der Waals surface area (Å²) in [5.41, 5.74) is 5.96. The molecule has 0 saturated carbocycles. The molecule has 5 heteroatoms. The van der Waals surface area contributed by atoms with Crippen molar-refractivity contribution in [1.29, 1.82) is 0 Å². The van der Waals surface area contributed by atoms with Crippen LogP contribution in [-0.2, 0) is 4.79 Å². The summed E-state index contributed by atoms with van der Waals surface area (Å²) in [4.78, 5) is 13.1. The second kappa shape index (κ2) is 9.55. The molecule has 0 fully saturated rings. The summed E-state index contributed by atoms with van der Waals surface area (Å²) in [5.74, 6) is 0.666. The van der Waals surface area contributed by atoms with E-state index in [-0.39, 0.29) is 5.91 Å². The first-order valence-electron chi connectivity index (χ1n) is 9.30. The molecule has 0 atom stereocenters. The second-order valence-electron chi connectivity index (χ2n) is 6.49. The van der Waals surface area contributed by atoms with Gasteiger partial charge in [0.25, 0.3) is 5.91 Å². The Bertz CT molecular complexity index is 946. The van der Waals surface area contributed by atoms with Gasteiger partial charge in [-0.2, -0.15) is 5.10 Å². The van der Waals surface area contributed by atoms with E-state index in [4.69, 9.17) is 9.47 Å². The van der Waals surface area contributed by atoms with Crippen LogP contribution >= 0.6 is 0 Å². The molecule has 148 valence electrons. The Morgan fingerprint density at radius 2 is 1.45 bits per heavy atom. The molecule has 0 aliphatic rings. The van der Waals surface area contributed by atoms with Gasteiger partial charge in [0.05, 0.1) is 25.8 Å². The lowest BCUT2D eigenvalue weighted by Crippen LogP contribution is -2.27. The largest absolute Gasteiger partial charge is 0.497 e. The van der Waals surface area contributed by atoms with Crippen LogP contribution in [0.15, 0.2) is 84.0 Å². The first-order valence-corrected chi connectivity index (χ1v) is 9.30. The van der Waals surface area contributed by atoms with Crippen LogP contribution in [0.5, 0.6) is 11.5 Å². The third-order valence-electron chi connectivity index (χ3n) is 4.66. The normalized spacial score (nSPS) is 11.2. The molecule has 0 aliphatic carbocycles. The van der Waals surface area contributed by atoms with Crippen molar-refractivity contribution in [1.82, 2.24) is 5.43 Å². The Hall–Kier alpha value is -3.60. The van der Waals surface area contributed by atoms with E-state index in [0.29, 0.717) is 17.2 Å². The van der Waals surface area contributed by atoms with E-state index in [1.807, 2.05) is 79.7 Å². The number of ether oxygens (including phenoxy) is 2. The lowest BCUT2D eigenvalue weighted by atomic mass is 9.91. The molecule has 3 aromatic rings. The molecule has 3 aromatic carbocycles. The van der Waals surface area contributed by atoms with Crippen molar-refractivity contribution in [3.63, 3.8) is 0 Å². The fraction of sp³-hybridized carbons (Fsp3) is 0.167. The van der Waals surface area contributed by atoms with Crippen molar-refractivity contribution >= 4 is 11.6 Å². The molecule has 3 rings (SSSR count). The van der Waals surface area contributed by atoms with Crippen LogP contribution in [-0.4, -0.2) is 25.8 Å². The summed E-state index contributed by atoms with van der Waals surface area (Å²) in [6.07, 6.45) is 0. The molecule has 5 nitrogen and oxygen atoms in total. The van der Waals surface area contributed by atoms with E-state index in [2.05, 4.69) is 10.5 Å². The number of carbonyl (C=O) groups is 1. The SMILES string of the molecule is COc1ccc(C(C)=NNC(=O)C(c2ccccc2)c2ccccc2)c(OC)c1. The topological polar surface area (TPSA) is 59.9 Å². The van der Waals surface area contributed by atoms with Crippen LogP contribution in [0.4, 0.5) is 0 Å². The molecular formula is C24H24N2O3. The predicted molar refractivity (Wildman–Crippen MR) is 115 cm³/mol. The van der Waals surface area contributed by atoms with E-state index >= 15 is 0 Å². The monoisotopic (exact) mass is 388 g/mol. The Balaban J connectivity index is 1.87.